The highest BCUT2D eigenvalue weighted by atomic mass is 16.6. The first-order valence-electron chi connectivity index (χ1n) is 6.94. The number of hydrogen-bond acceptors (Lipinski definition) is 3. The molecule has 0 aliphatic carbocycles. The third-order valence-electron chi connectivity index (χ3n) is 3.08. The maximum absolute atomic E-state index is 12.1. The number of carbonyl (C=O) groups excluding carboxylic acids is 1. The van der Waals surface area contributed by atoms with E-state index in [9.17, 15) is 4.79 Å². The summed E-state index contributed by atoms with van der Waals surface area (Å²) in [5, 5.41) is 9.06. The first kappa shape index (κ1) is 16.5. The first-order chi connectivity index (χ1) is 9.28. The zero-order chi connectivity index (χ0) is 15.3. The summed E-state index contributed by atoms with van der Waals surface area (Å²) in [6, 6.07) is 7.61. The predicted octanol–water partition coefficient (Wildman–Crippen LogP) is 3.50. The van der Waals surface area contributed by atoms with Gasteiger partial charge in [0, 0.05) is 7.05 Å². The van der Waals surface area contributed by atoms with Crippen LogP contribution in [0.15, 0.2) is 24.3 Å². The molecule has 1 aromatic rings. The van der Waals surface area contributed by atoms with Crippen LogP contribution in [0.5, 0.6) is 0 Å². The van der Waals surface area contributed by atoms with Gasteiger partial charge in [0.25, 0.3) is 0 Å². The fraction of sp³-hybridized carbons (Fsp3) is 0.562. The van der Waals surface area contributed by atoms with E-state index in [1.807, 2.05) is 52.0 Å². The number of nitrogens with zero attached hydrogens (tertiary/aromatic N) is 1. The lowest BCUT2D eigenvalue weighted by atomic mass is 10.0. The van der Waals surface area contributed by atoms with E-state index in [0.29, 0.717) is 0 Å². The van der Waals surface area contributed by atoms with Crippen molar-refractivity contribution in [2.45, 2.75) is 52.4 Å². The second-order valence-corrected chi connectivity index (χ2v) is 5.91. The van der Waals surface area contributed by atoms with Crippen molar-refractivity contribution in [2.24, 2.45) is 0 Å². The van der Waals surface area contributed by atoms with Crippen molar-refractivity contribution in [3.63, 3.8) is 0 Å². The molecule has 0 spiro atoms. The van der Waals surface area contributed by atoms with Crippen LogP contribution >= 0.6 is 0 Å². The summed E-state index contributed by atoms with van der Waals surface area (Å²) in [6.07, 6.45) is 0.476. The van der Waals surface area contributed by atoms with Gasteiger partial charge in [0.15, 0.2) is 0 Å². The van der Waals surface area contributed by atoms with Crippen molar-refractivity contribution in [1.82, 2.24) is 4.90 Å². The molecule has 4 nitrogen and oxygen atoms in total. The molecule has 0 saturated heterocycles. The van der Waals surface area contributed by atoms with E-state index >= 15 is 0 Å². The summed E-state index contributed by atoms with van der Waals surface area (Å²) in [7, 11) is 1.75. The number of benzene rings is 1. The van der Waals surface area contributed by atoms with Gasteiger partial charge in [-0.1, -0.05) is 31.2 Å². The number of hydrogen-bond donors (Lipinski definition) is 1. The third-order valence-corrected chi connectivity index (χ3v) is 3.08. The van der Waals surface area contributed by atoms with Gasteiger partial charge in [0.2, 0.25) is 0 Å². The second-order valence-electron chi connectivity index (χ2n) is 5.91. The normalized spacial score (nSPS) is 12.9. The maximum atomic E-state index is 12.1. The van der Waals surface area contributed by atoms with Gasteiger partial charge in [-0.25, -0.2) is 4.79 Å². The van der Waals surface area contributed by atoms with Gasteiger partial charge in [-0.2, -0.15) is 0 Å². The van der Waals surface area contributed by atoms with Gasteiger partial charge in [0.1, 0.15) is 5.60 Å². The van der Waals surface area contributed by atoms with Crippen molar-refractivity contribution < 1.29 is 14.6 Å². The molecular formula is C16H25NO3. The quantitative estimate of drug-likeness (QED) is 0.917. The second kappa shape index (κ2) is 6.75. The predicted molar refractivity (Wildman–Crippen MR) is 79.4 cm³/mol. The highest BCUT2D eigenvalue weighted by Crippen LogP contribution is 2.25. The Morgan fingerprint density at radius 2 is 1.85 bits per heavy atom. The highest BCUT2D eigenvalue weighted by molar-refractivity contribution is 5.68. The molecule has 0 aliphatic heterocycles. The Bertz CT molecular complexity index is 434. The monoisotopic (exact) mass is 279 g/mol. The van der Waals surface area contributed by atoms with Crippen molar-refractivity contribution >= 4 is 6.09 Å². The van der Waals surface area contributed by atoms with Crippen LogP contribution in [0.3, 0.4) is 0 Å². The van der Waals surface area contributed by atoms with Crippen LogP contribution in [0.2, 0.25) is 0 Å². The molecule has 1 atom stereocenters. The molecule has 1 rings (SSSR count). The van der Waals surface area contributed by atoms with E-state index < -0.39 is 5.60 Å². The third kappa shape index (κ3) is 4.53. The Labute approximate surface area is 121 Å². The standard InChI is InChI=1S/C16H25NO3/c1-6-14(13-9-7-12(11-18)8-10-13)17(5)15(19)20-16(2,3)4/h7-10,14,18H,6,11H2,1-5H3. The largest absolute Gasteiger partial charge is 0.444 e. The van der Waals surface area contributed by atoms with E-state index in [1.165, 1.54) is 0 Å². The Morgan fingerprint density at radius 1 is 1.30 bits per heavy atom. The molecule has 0 fully saturated rings. The minimum absolute atomic E-state index is 0.0268. The highest BCUT2D eigenvalue weighted by Gasteiger charge is 2.25. The van der Waals surface area contributed by atoms with Crippen LogP contribution in [0.4, 0.5) is 4.79 Å². The molecule has 1 amide bonds. The van der Waals surface area contributed by atoms with Crippen molar-refractivity contribution in [3.05, 3.63) is 35.4 Å². The van der Waals surface area contributed by atoms with Gasteiger partial charge in [-0.05, 0) is 38.3 Å². The average molecular weight is 279 g/mol. The van der Waals surface area contributed by atoms with Gasteiger partial charge in [-0.3, -0.25) is 0 Å². The molecule has 0 aliphatic rings. The molecule has 0 saturated carbocycles. The summed E-state index contributed by atoms with van der Waals surface area (Å²) < 4.78 is 5.40. The van der Waals surface area contributed by atoms with Crippen LogP contribution in [0.25, 0.3) is 0 Å². The minimum atomic E-state index is -0.496. The molecule has 0 heterocycles. The van der Waals surface area contributed by atoms with Crippen LogP contribution in [0.1, 0.15) is 51.3 Å². The fourth-order valence-electron chi connectivity index (χ4n) is 2.04. The van der Waals surface area contributed by atoms with Crippen LogP contribution in [-0.2, 0) is 11.3 Å². The number of rotatable bonds is 4. The zero-order valence-electron chi connectivity index (χ0n) is 13.0. The summed E-state index contributed by atoms with van der Waals surface area (Å²) >= 11 is 0. The SMILES string of the molecule is CCC(c1ccc(CO)cc1)N(C)C(=O)OC(C)(C)C. The molecule has 0 aromatic heterocycles. The van der Waals surface area contributed by atoms with Crippen molar-refractivity contribution in [1.29, 1.82) is 0 Å². The molecule has 112 valence electrons. The summed E-state index contributed by atoms with van der Waals surface area (Å²) in [5.74, 6) is 0. The van der Waals surface area contributed by atoms with Crippen molar-refractivity contribution in [2.75, 3.05) is 7.05 Å². The number of carbonyl (C=O) groups is 1. The first-order valence-corrected chi connectivity index (χ1v) is 6.94. The van der Waals surface area contributed by atoms with Gasteiger partial charge >= 0.3 is 6.09 Å². The Balaban J connectivity index is 2.85. The molecule has 1 unspecified atom stereocenters. The molecule has 0 radical (unpaired) electrons. The molecule has 20 heavy (non-hydrogen) atoms. The summed E-state index contributed by atoms with van der Waals surface area (Å²) in [6.45, 7) is 7.63. The molecule has 4 heteroatoms. The zero-order valence-corrected chi connectivity index (χ0v) is 13.0. The average Bonchev–Trinajstić information content (AvgIpc) is 2.38. The molecule has 0 bridgehead atoms. The van der Waals surface area contributed by atoms with Gasteiger partial charge < -0.3 is 14.7 Å². The van der Waals surface area contributed by atoms with E-state index in [0.717, 1.165) is 17.5 Å². The molecule has 1 N–H and O–H groups in total. The Hall–Kier alpha value is -1.55. The maximum Gasteiger partial charge on any atom is 0.410 e. The van der Waals surface area contributed by atoms with Crippen molar-refractivity contribution in [3.8, 4) is 0 Å². The number of amides is 1. The van der Waals surface area contributed by atoms with Crippen LogP contribution < -0.4 is 0 Å². The minimum Gasteiger partial charge on any atom is -0.444 e. The van der Waals surface area contributed by atoms with Crippen LogP contribution in [0, 0.1) is 0 Å². The lowest BCUT2D eigenvalue weighted by molar-refractivity contribution is 0.0215. The van der Waals surface area contributed by atoms with Crippen LogP contribution in [-0.4, -0.2) is 28.7 Å². The van der Waals surface area contributed by atoms with Gasteiger partial charge in [-0.15, -0.1) is 0 Å². The summed E-state index contributed by atoms with van der Waals surface area (Å²) in [4.78, 5) is 13.7. The Morgan fingerprint density at radius 3 is 2.25 bits per heavy atom. The molecule has 1 aromatic carbocycles. The lowest BCUT2D eigenvalue weighted by Crippen LogP contribution is -2.36. The Kier molecular flexibility index (Phi) is 5.57. The smallest absolute Gasteiger partial charge is 0.410 e. The topological polar surface area (TPSA) is 49.8 Å². The lowest BCUT2D eigenvalue weighted by Gasteiger charge is -2.30. The number of aliphatic hydroxyl groups is 1. The number of aliphatic hydroxyl groups excluding tert-OH is 1. The fourth-order valence-corrected chi connectivity index (χ4v) is 2.04. The summed E-state index contributed by atoms with van der Waals surface area (Å²) in [5.41, 5.74) is 1.41. The van der Waals surface area contributed by atoms with E-state index in [-0.39, 0.29) is 18.7 Å². The van der Waals surface area contributed by atoms with E-state index in [1.54, 1.807) is 11.9 Å². The van der Waals surface area contributed by atoms with E-state index in [2.05, 4.69) is 0 Å². The van der Waals surface area contributed by atoms with Gasteiger partial charge in [0.05, 0.1) is 12.6 Å². The number of ether oxygens (including phenoxy) is 1. The molecular weight excluding hydrogens is 254 g/mol. The van der Waals surface area contributed by atoms with E-state index in [4.69, 9.17) is 9.84 Å².